The van der Waals surface area contributed by atoms with E-state index in [0.29, 0.717) is 5.92 Å². The van der Waals surface area contributed by atoms with Gasteiger partial charge in [-0.15, -0.1) is 0 Å². The highest BCUT2D eigenvalue weighted by Crippen LogP contribution is 2.86. The van der Waals surface area contributed by atoms with Gasteiger partial charge in [0.1, 0.15) is 0 Å². The Hall–Kier alpha value is 0.850. The second-order valence-corrected chi connectivity index (χ2v) is 8.05. The second kappa shape index (κ2) is 2.22. The molecule has 4 fully saturated rings. The fourth-order valence-electron chi connectivity index (χ4n) is 4.39. The molecule has 0 amide bonds. The van der Waals surface area contributed by atoms with Crippen LogP contribution in [0.3, 0.4) is 0 Å². The molecular weight excluding hydrogens is 253 g/mol. The quantitative estimate of drug-likeness (QED) is 0.380. The summed E-state index contributed by atoms with van der Waals surface area (Å²) >= 11 is 15.0. The lowest BCUT2D eigenvalue weighted by atomic mass is 9.68. The van der Waals surface area contributed by atoms with Gasteiger partial charge in [-0.2, -0.15) is 0 Å². The zero-order valence-corrected chi connectivity index (χ0v) is 11.0. The Morgan fingerprint density at radius 3 is 2.73 bits per heavy atom. The zero-order valence-electron chi connectivity index (χ0n) is 8.72. The summed E-state index contributed by atoms with van der Waals surface area (Å²) in [5.74, 6) is 1.47. The van der Waals surface area contributed by atoms with E-state index in [1.165, 1.54) is 6.42 Å². The summed E-state index contributed by atoms with van der Waals surface area (Å²) < 4.78 is 1.23. The normalized spacial score (nSPS) is 61.6. The predicted molar refractivity (Wildman–Crippen MR) is 61.5 cm³/mol. The van der Waals surface area contributed by atoms with Crippen molar-refractivity contribution in [2.45, 2.75) is 36.7 Å². The van der Waals surface area contributed by atoms with Gasteiger partial charge in [-0.1, -0.05) is 41.5 Å². The Labute approximate surface area is 104 Å². The highest BCUT2D eigenvalue weighted by Gasteiger charge is 2.94. The molecular formula is C10H13Cl2NOS. The third-order valence-electron chi connectivity index (χ3n) is 5.37. The number of nitrogens with zero attached hydrogens (tertiary/aromatic N) is 1. The van der Waals surface area contributed by atoms with Crippen molar-refractivity contribution in [1.82, 2.24) is 4.47 Å². The number of halogens is 2. The molecule has 0 aromatic carbocycles. The summed E-state index contributed by atoms with van der Waals surface area (Å²) in [5.41, 5.74) is -0.0201. The molecule has 4 unspecified atom stereocenters. The van der Waals surface area contributed by atoms with E-state index >= 15 is 0 Å². The maximum Gasteiger partial charge on any atom is 0.216 e. The van der Waals surface area contributed by atoms with Crippen molar-refractivity contribution < 1.29 is 4.84 Å². The molecule has 0 N–H and O–H groups in total. The summed E-state index contributed by atoms with van der Waals surface area (Å²) in [7, 11) is 0. The Morgan fingerprint density at radius 2 is 2.13 bits per heavy atom. The van der Waals surface area contributed by atoms with Crippen LogP contribution in [-0.4, -0.2) is 20.3 Å². The first-order valence-electron chi connectivity index (χ1n) is 5.40. The van der Waals surface area contributed by atoms with Crippen molar-refractivity contribution in [2.75, 3.05) is 5.75 Å². The van der Waals surface area contributed by atoms with Crippen molar-refractivity contribution in [2.24, 2.45) is 16.7 Å². The minimum Gasteiger partial charge on any atom is -0.256 e. The fourth-order valence-corrected chi connectivity index (χ4v) is 7.55. The molecule has 2 nitrogen and oxygen atoms in total. The standard InChI is InChI=1S/C10H13Cl2NOS/c1-7(2)6-3-4-8(7)5-15-13-10(8,14-13)9(6,11)12/h6H,3-5H2,1-2H3. The van der Waals surface area contributed by atoms with Crippen LogP contribution in [0.5, 0.6) is 0 Å². The van der Waals surface area contributed by atoms with Crippen LogP contribution < -0.4 is 0 Å². The molecule has 4 atom stereocenters. The van der Waals surface area contributed by atoms with E-state index in [4.69, 9.17) is 28.0 Å². The van der Waals surface area contributed by atoms with E-state index in [0.717, 1.165) is 12.2 Å². The molecule has 2 saturated carbocycles. The van der Waals surface area contributed by atoms with Gasteiger partial charge in [0, 0.05) is 17.1 Å². The molecule has 2 spiro atoms. The highest BCUT2D eigenvalue weighted by atomic mass is 35.5. The van der Waals surface area contributed by atoms with Crippen molar-refractivity contribution in [3.8, 4) is 0 Å². The van der Waals surface area contributed by atoms with Crippen molar-refractivity contribution >= 4 is 35.1 Å². The third-order valence-corrected chi connectivity index (χ3v) is 7.60. The molecule has 84 valence electrons. The predicted octanol–water partition coefficient (Wildman–Crippen LogP) is 3.20. The number of hydrogen-bond acceptors (Lipinski definition) is 3. The minimum absolute atomic E-state index is 0.166. The van der Waals surface area contributed by atoms with E-state index in [2.05, 4.69) is 13.8 Å². The van der Waals surface area contributed by atoms with Crippen LogP contribution >= 0.6 is 35.1 Å². The van der Waals surface area contributed by atoms with E-state index < -0.39 is 4.33 Å². The van der Waals surface area contributed by atoms with E-state index in [-0.39, 0.29) is 16.6 Å². The molecule has 0 aromatic heterocycles. The van der Waals surface area contributed by atoms with Gasteiger partial charge in [-0.25, -0.2) is 0 Å². The first-order chi connectivity index (χ1) is 6.90. The monoisotopic (exact) mass is 265 g/mol. The number of alkyl halides is 2. The van der Waals surface area contributed by atoms with Gasteiger partial charge < -0.3 is 0 Å². The molecule has 2 aliphatic heterocycles. The summed E-state index contributed by atoms with van der Waals surface area (Å²) in [5, 5.41) is 0. The minimum atomic E-state index is -0.724. The molecule has 2 aliphatic carbocycles. The molecule has 2 saturated heterocycles. The number of rotatable bonds is 0. The average molecular weight is 266 g/mol. The summed E-state index contributed by atoms with van der Waals surface area (Å²) in [6.45, 7) is 4.62. The van der Waals surface area contributed by atoms with E-state index in [9.17, 15) is 0 Å². The highest BCUT2D eigenvalue weighted by molar-refractivity contribution is 7.97. The molecule has 15 heavy (non-hydrogen) atoms. The average Bonchev–Trinajstić information content (AvgIpc) is 2.66. The first kappa shape index (κ1) is 9.84. The molecule has 5 heteroatoms. The molecule has 0 aromatic rings. The van der Waals surface area contributed by atoms with Gasteiger partial charge >= 0.3 is 0 Å². The second-order valence-electron chi connectivity index (χ2n) is 5.78. The Balaban J connectivity index is 2.00. The van der Waals surface area contributed by atoms with Crippen LogP contribution in [0, 0.1) is 16.7 Å². The zero-order chi connectivity index (χ0) is 10.7. The molecule has 4 rings (SSSR count). The van der Waals surface area contributed by atoms with Crippen LogP contribution in [-0.2, 0) is 4.84 Å². The molecule has 0 radical (unpaired) electrons. The van der Waals surface area contributed by atoms with Crippen molar-refractivity contribution in [3.05, 3.63) is 0 Å². The lowest BCUT2D eigenvalue weighted by Gasteiger charge is -2.36. The van der Waals surface area contributed by atoms with E-state index in [1.807, 2.05) is 4.47 Å². The first-order valence-corrected chi connectivity index (χ1v) is 7.10. The van der Waals surface area contributed by atoms with Crippen LogP contribution in [0.15, 0.2) is 0 Å². The van der Waals surface area contributed by atoms with Gasteiger partial charge in [-0.3, -0.25) is 4.84 Å². The smallest absolute Gasteiger partial charge is 0.216 e. The topological polar surface area (TPSA) is 15.5 Å². The van der Waals surface area contributed by atoms with Gasteiger partial charge in [0.25, 0.3) is 0 Å². The van der Waals surface area contributed by atoms with Crippen LogP contribution in [0.2, 0.25) is 0 Å². The maximum atomic E-state index is 6.61. The number of fused-ring (bicyclic) bond motifs is 1. The molecule has 4 aliphatic rings. The number of hydroxylamine groups is 1. The SMILES string of the molecule is CC1(C)C2CCC13CSN1OC13C2(Cl)Cl. The Bertz CT molecular complexity index is 362. The Morgan fingerprint density at radius 1 is 1.40 bits per heavy atom. The van der Waals surface area contributed by atoms with Crippen molar-refractivity contribution in [1.29, 1.82) is 0 Å². The summed E-state index contributed by atoms with van der Waals surface area (Å²) in [4.78, 5) is 5.77. The van der Waals surface area contributed by atoms with Gasteiger partial charge in [-0.05, 0) is 30.2 Å². The Kier molecular flexibility index (Phi) is 1.45. The van der Waals surface area contributed by atoms with E-state index in [1.54, 1.807) is 11.9 Å². The van der Waals surface area contributed by atoms with Gasteiger partial charge in [0.15, 0.2) is 4.33 Å². The fraction of sp³-hybridized carbons (Fsp3) is 1.00. The summed E-state index contributed by atoms with van der Waals surface area (Å²) in [6, 6.07) is 0. The lowest BCUT2D eigenvalue weighted by molar-refractivity contribution is 0.0729. The van der Waals surface area contributed by atoms with Crippen molar-refractivity contribution in [3.63, 3.8) is 0 Å². The van der Waals surface area contributed by atoms with Crippen LogP contribution in [0.1, 0.15) is 26.7 Å². The summed E-state index contributed by atoms with van der Waals surface area (Å²) in [6.07, 6.45) is 2.34. The van der Waals surface area contributed by atoms with Crippen LogP contribution in [0.25, 0.3) is 0 Å². The maximum absolute atomic E-state index is 6.61. The molecule has 2 heterocycles. The third kappa shape index (κ3) is 0.662. The van der Waals surface area contributed by atoms with Gasteiger partial charge in [0.2, 0.25) is 5.72 Å². The van der Waals surface area contributed by atoms with Gasteiger partial charge in [0.05, 0.1) is 0 Å². The molecule has 2 bridgehead atoms. The largest absolute Gasteiger partial charge is 0.256 e. The lowest BCUT2D eigenvalue weighted by Crippen LogP contribution is -2.48. The van der Waals surface area contributed by atoms with Crippen LogP contribution in [0.4, 0.5) is 0 Å². The number of hydrogen-bond donors (Lipinski definition) is 0.